The number of hydrogen-bond acceptors (Lipinski definition) is 2. The maximum atomic E-state index is 9.91. The molecule has 1 amide bonds. The summed E-state index contributed by atoms with van der Waals surface area (Å²) in [5, 5.41) is 8.16. The van der Waals surface area contributed by atoms with Crippen LogP contribution in [0.25, 0.3) is 10.4 Å². The Morgan fingerprint density at radius 3 is 2.10 bits per heavy atom. The third kappa shape index (κ3) is 2.78. The summed E-state index contributed by atoms with van der Waals surface area (Å²) in [6.45, 7) is 1.46. The van der Waals surface area contributed by atoms with Crippen molar-refractivity contribution in [1.29, 1.82) is 5.53 Å². The Kier molecular flexibility index (Phi) is 3.83. The number of carboxylic acid groups (broad SMARTS) is 1. The average Bonchev–Trinajstić information content (AvgIpc) is 1.59. The van der Waals surface area contributed by atoms with Crippen molar-refractivity contribution in [3.05, 3.63) is 10.4 Å². The summed E-state index contributed by atoms with van der Waals surface area (Å²) in [6, 6.07) is 0. The van der Waals surface area contributed by atoms with Crippen LogP contribution in [0.5, 0.6) is 0 Å². The zero-order valence-electron chi connectivity index (χ0n) is 5.32. The monoisotopic (exact) mass is 144 g/mol. The number of hydrogen-bond donors (Lipinski definition) is 2. The fourth-order valence-electron chi connectivity index (χ4n) is 0.508. The van der Waals surface area contributed by atoms with Crippen molar-refractivity contribution < 1.29 is 9.90 Å². The molecule has 56 valence electrons. The van der Waals surface area contributed by atoms with Crippen LogP contribution >= 0.6 is 0 Å². The zero-order valence-corrected chi connectivity index (χ0v) is 5.32. The van der Waals surface area contributed by atoms with Gasteiger partial charge in [0.1, 0.15) is 0 Å². The van der Waals surface area contributed by atoms with Gasteiger partial charge in [0, 0.05) is 13.1 Å². The van der Waals surface area contributed by atoms with Crippen molar-refractivity contribution in [1.82, 2.24) is 4.90 Å². The highest BCUT2D eigenvalue weighted by molar-refractivity contribution is 5.65. The van der Waals surface area contributed by atoms with Gasteiger partial charge in [-0.2, -0.15) is 0 Å². The molecule has 6 nitrogen and oxygen atoms in total. The first-order valence-electron chi connectivity index (χ1n) is 2.71. The summed E-state index contributed by atoms with van der Waals surface area (Å²) >= 11 is 0. The lowest BCUT2D eigenvalue weighted by Crippen LogP contribution is -2.40. The van der Waals surface area contributed by atoms with Crippen LogP contribution in [0.3, 0.4) is 0 Å². The lowest BCUT2D eigenvalue weighted by atomic mass is 10.2. The van der Waals surface area contributed by atoms with E-state index in [1.165, 1.54) is 4.90 Å². The molecule has 0 aromatic heterocycles. The van der Waals surface area contributed by atoms with E-state index in [1.54, 1.807) is 4.91 Å². The first kappa shape index (κ1) is 8.58. The van der Waals surface area contributed by atoms with Crippen molar-refractivity contribution in [2.75, 3.05) is 13.1 Å². The third-order valence-corrected chi connectivity index (χ3v) is 1.13. The Morgan fingerprint density at radius 1 is 1.70 bits per heavy atom. The van der Waals surface area contributed by atoms with Crippen LogP contribution in [0, 0.1) is 5.53 Å². The summed E-state index contributed by atoms with van der Waals surface area (Å²) < 4.78 is 0. The SMILES string of the molecule is O=C(O)N1CCC1.[N-]=[N+]=N. The van der Waals surface area contributed by atoms with Gasteiger partial charge in [-0.05, 0) is 16.9 Å². The van der Waals surface area contributed by atoms with Crippen LogP contribution in [0.4, 0.5) is 4.79 Å². The highest BCUT2D eigenvalue weighted by Gasteiger charge is 2.17. The largest absolute Gasteiger partial charge is 0.465 e. The van der Waals surface area contributed by atoms with Crippen molar-refractivity contribution in [2.24, 2.45) is 0 Å². The number of amides is 1. The van der Waals surface area contributed by atoms with Gasteiger partial charge in [0.05, 0.1) is 0 Å². The third-order valence-electron chi connectivity index (χ3n) is 1.13. The van der Waals surface area contributed by atoms with Crippen molar-refractivity contribution in [3.63, 3.8) is 0 Å². The summed E-state index contributed by atoms with van der Waals surface area (Å²) in [5.74, 6) is 0. The van der Waals surface area contributed by atoms with E-state index >= 15 is 0 Å². The molecule has 1 fully saturated rings. The van der Waals surface area contributed by atoms with E-state index < -0.39 is 6.09 Å². The van der Waals surface area contributed by atoms with Crippen LogP contribution in [0.2, 0.25) is 0 Å². The molecule has 1 rings (SSSR count). The zero-order chi connectivity index (χ0) is 7.98. The van der Waals surface area contributed by atoms with Gasteiger partial charge in [-0.3, -0.25) is 0 Å². The molecular weight excluding hydrogens is 136 g/mol. The van der Waals surface area contributed by atoms with E-state index in [0.717, 1.165) is 19.5 Å². The normalized spacial score (nSPS) is 13.8. The maximum Gasteiger partial charge on any atom is 0.407 e. The molecule has 1 aliphatic rings. The Balaban J connectivity index is 0.000000236. The van der Waals surface area contributed by atoms with E-state index in [0.29, 0.717) is 0 Å². The lowest BCUT2D eigenvalue weighted by Gasteiger charge is -2.27. The van der Waals surface area contributed by atoms with E-state index in [9.17, 15) is 4.79 Å². The van der Waals surface area contributed by atoms with Gasteiger partial charge in [-0.1, -0.05) is 0 Å². The Hall–Kier alpha value is -1.42. The van der Waals surface area contributed by atoms with Gasteiger partial charge in [-0.15, -0.1) is 5.53 Å². The van der Waals surface area contributed by atoms with Gasteiger partial charge >= 0.3 is 6.09 Å². The molecular formula is C4H8N4O2. The Morgan fingerprint density at radius 2 is 2.10 bits per heavy atom. The Bertz CT molecular complexity index is 147. The average molecular weight is 144 g/mol. The van der Waals surface area contributed by atoms with Crippen LogP contribution in [-0.2, 0) is 0 Å². The fourth-order valence-corrected chi connectivity index (χ4v) is 0.508. The molecule has 0 atom stereocenters. The molecule has 1 heterocycles. The first-order chi connectivity index (χ1) is 4.72. The van der Waals surface area contributed by atoms with Crippen LogP contribution in [0.1, 0.15) is 6.42 Å². The molecule has 6 heteroatoms. The summed E-state index contributed by atoms with van der Waals surface area (Å²) in [5.41, 5.74) is 12.2. The minimum absolute atomic E-state index is 0.731. The van der Waals surface area contributed by atoms with Crippen LogP contribution < -0.4 is 0 Å². The second kappa shape index (κ2) is 4.46. The smallest absolute Gasteiger partial charge is 0.407 e. The molecule has 0 radical (unpaired) electrons. The number of nitrogens with one attached hydrogen (secondary N) is 1. The molecule has 0 spiro atoms. The first-order valence-corrected chi connectivity index (χ1v) is 2.71. The van der Waals surface area contributed by atoms with Gasteiger partial charge in [0.15, 0.2) is 0 Å². The highest BCUT2D eigenvalue weighted by atomic mass is 16.4. The summed E-state index contributed by atoms with van der Waals surface area (Å²) in [4.78, 5) is 13.0. The van der Waals surface area contributed by atoms with Gasteiger partial charge in [0.25, 0.3) is 0 Å². The van der Waals surface area contributed by atoms with Crippen LogP contribution in [-0.4, -0.2) is 29.2 Å². The van der Waals surface area contributed by atoms with Gasteiger partial charge < -0.3 is 10.0 Å². The van der Waals surface area contributed by atoms with Crippen molar-refractivity contribution in [3.8, 4) is 0 Å². The molecule has 0 unspecified atom stereocenters. The highest BCUT2D eigenvalue weighted by Crippen LogP contribution is 2.03. The summed E-state index contributed by atoms with van der Waals surface area (Å²) in [7, 11) is 0. The van der Waals surface area contributed by atoms with Crippen molar-refractivity contribution >= 4 is 6.09 Å². The van der Waals surface area contributed by atoms with E-state index in [-0.39, 0.29) is 0 Å². The molecule has 1 saturated heterocycles. The van der Waals surface area contributed by atoms with Gasteiger partial charge in [-0.25, -0.2) is 4.79 Å². The Labute approximate surface area is 57.5 Å². The minimum Gasteiger partial charge on any atom is -0.465 e. The molecule has 0 aromatic carbocycles. The van der Waals surface area contributed by atoms with Crippen molar-refractivity contribution in [2.45, 2.75) is 6.42 Å². The number of likely N-dealkylation sites (tertiary alicyclic amines) is 1. The van der Waals surface area contributed by atoms with E-state index in [2.05, 4.69) is 0 Å². The number of carbonyl (C=O) groups is 1. The molecule has 0 saturated carbocycles. The predicted molar refractivity (Wildman–Crippen MR) is 33.7 cm³/mol. The van der Waals surface area contributed by atoms with E-state index in [4.69, 9.17) is 16.2 Å². The number of nitrogens with zero attached hydrogens (tertiary/aromatic N) is 3. The predicted octanol–water partition coefficient (Wildman–Crippen LogP) is 1.25. The molecule has 0 aromatic rings. The lowest BCUT2D eigenvalue weighted by molar-refractivity contribution is 0.118. The quantitative estimate of drug-likeness (QED) is 0.303. The molecule has 2 N–H and O–H groups in total. The van der Waals surface area contributed by atoms with Crippen LogP contribution in [0.15, 0.2) is 0 Å². The molecule has 0 bridgehead atoms. The maximum absolute atomic E-state index is 9.91. The fraction of sp³-hybridized carbons (Fsp3) is 0.750. The summed E-state index contributed by atoms with van der Waals surface area (Å²) in [6.07, 6.45) is 0.248. The second-order valence-corrected chi connectivity index (χ2v) is 1.72. The topological polar surface area (TPSA) is 101 Å². The molecule has 1 aliphatic heterocycles. The second-order valence-electron chi connectivity index (χ2n) is 1.72. The van der Waals surface area contributed by atoms with Gasteiger partial charge in [0.2, 0.25) is 0 Å². The molecule has 0 aliphatic carbocycles. The number of rotatable bonds is 0. The minimum atomic E-state index is -0.786. The molecule has 10 heavy (non-hydrogen) atoms. The standard InChI is InChI=1S/C4H7NO2.HN3/c6-4(7)5-2-1-3-5;1-3-2/h1-3H2,(H,6,7);1H. The van der Waals surface area contributed by atoms with E-state index in [1.807, 2.05) is 0 Å².